The van der Waals surface area contributed by atoms with Gasteiger partial charge in [-0.05, 0) is 28.9 Å². The zero-order chi connectivity index (χ0) is 15.8. The monoisotopic (exact) mass is 306 g/mol. The van der Waals surface area contributed by atoms with Gasteiger partial charge in [0.1, 0.15) is 12.0 Å². The maximum absolute atomic E-state index is 5.76. The van der Waals surface area contributed by atoms with Crippen LogP contribution >= 0.6 is 0 Å². The molecule has 0 aliphatic heterocycles. The number of nitrogen functional groups attached to an aromatic ring is 1. The highest BCUT2D eigenvalue weighted by Crippen LogP contribution is 2.27. The molecule has 114 valence electrons. The molecule has 0 saturated heterocycles. The summed E-state index contributed by atoms with van der Waals surface area (Å²) in [6.07, 6.45) is 2.47. The lowest BCUT2D eigenvalue weighted by Crippen LogP contribution is -1.96. The number of aryl methyl sites for hydroxylation is 1. The van der Waals surface area contributed by atoms with Gasteiger partial charge in [0.2, 0.25) is 0 Å². The number of benzene rings is 1. The quantitative estimate of drug-likeness (QED) is 0.624. The van der Waals surface area contributed by atoms with Crippen LogP contribution in [0.5, 0.6) is 0 Å². The number of fused-ring (bicyclic) bond motifs is 1. The van der Waals surface area contributed by atoms with Crippen molar-refractivity contribution in [2.45, 2.75) is 13.3 Å². The van der Waals surface area contributed by atoms with Crippen LogP contribution in [0.15, 0.2) is 47.4 Å². The highest BCUT2D eigenvalue weighted by molar-refractivity contribution is 5.75. The lowest BCUT2D eigenvalue weighted by Gasteiger charge is -2.02. The van der Waals surface area contributed by atoms with Gasteiger partial charge in [0.15, 0.2) is 11.5 Å². The van der Waals surface area contributed by atoms with Crippen molar-refractivity contribution < 1.29 is 4.63 Å². The molecule has 0 saturated carbocycles. The third-order valence-electron chi connectivity index (χ3n) is 3.80. The Kier molecular flexibility index (Phi) is 3.04. The number of anilines is 1. The van der Waals surface area contributed by atoms with Crippen LogP contribution in [0.1, 0.15) is 16.8 Å². The summed E-state index contributed by atoms with van der Waals surface area (Å²) in [7, 11) is 0. The summed E-state index contributed by atoms with van der Waals surface area (Å²) in [6.45, 7) is 1.97. The molecule has 0 amide bonds. The maximum atomic E-state index is 5.76. The van der Waals surface area contributed by atoms with Gasteiger partial charge in [-0.1, -0.05) is 30.3 Å². The Hall–Kier alpha value is -3.22. The molecule has 4 rings (SSSR count). The predicted molar refractivity (Wildman–Crippen MR) is 84.7 cm³/mol. The second-order valence-electron chi connectivity index (χ2n) is 5.34. The van der Waals surface area contributed by atoms with Crippen LogP contribution in [0.2, 0.25) is 0 Å². The van der Waals surface area contributed by atoms with Crippen molar-refractivity contribution in [1.29, 1.82) is 0 Å². The molecule has 0 radical (unpaired) electrons. The summed E-state index contributed by atoms with van der Waals surface area (Å²) in [4.78, 5) is 4.47. The molecular formula is C16H14N6O. The zero-order valence-electron chi connectivity index (χ0n) is 12.5. The predicted octanol–water partition coefficient (Wildman–Crippen LogP) is 2.26. The van der Waals surface area contributed by atoms with Crippen molar-refractivity contribution in [2.75, 3.05) is 5.73 Å². The first-order chi connectivity index (χ1) is 11.2. The van der Waals surface area contributed by atoms with Crippen molar-refractivity contribution in [1.82, 2.24) is 24.9 Å². The Morgan fingerprint density at radius 2 is 1.96 bits per heavy atom. The molecule has 3 aromatic heterocycles. The van der Waals surface area contributed by atoms with E-state index in [4.69, 9.17) is 5.73 Å². The largest absolute Gasteiger partial charge is 0.379 e. The van der Waals surface area contributed by atoms with Crippen molar-refractivity contribution >= 4 is 11.3 Å². The summed E-state index contributed by atoms with van der Waals surface area (Å²) < 4.78 is 6.38. The normalized spacial score (nSPS) is 11.2. The van der Waals surface area contributed by atoms with Gasteiger partial charge in [-0.25, -0.2) is 14.1 Å². The van der Waals surface area contributed by atoms with Crippen LogP contribution in [-0.2, 0) is 6.42 Å². The first-order valence-corrected chi connectivity index (χ1v) is 7.18. The molecular weight excluding hydrogens is 292 g/mol. The molecule has 2 N–H and O–H groups in total. The van der Waals surface area contributed by atoms with Gasteiger partial charge in [0.05, 0.1) is 5.52 Å². The topological polar surface area (TPSA) is 95.1 Å². The summed E-state index contributed by atoms with van der Waals surface area (Å²) in [5.74, 6) is 0.231. The van der Waals surface area contributed by atoms with Crippen LogP contribution in [0.3, 0.4) is 0 Å². The molecule has 0 spiro atoms. The minimum absolute atomic E-state index is 0.231. The number of hydrogen-bond acceptors (Lipinski definition) is 6. The van der Waals surface area contributed by atoms with Gasteiger partial charge in [0.25, 0.3) is 0 Å². The van der Waals surface area contributed by atoms with E-state index in [0.29, 0.717) is 11.4 Å². The van der Waals surface area contributed by atoms with E-state index in [1.54, 1.807) is 10.8 Å². The molecule has 0 aliphatic rings. The Bertz CT molecular complexity index is 973. The Balaban J connectivity index is 1.77. The summed E-state index contributed by atoms with van der Waals surface area (Å²) in [5, 5.41) is 11.9. The fourth-order valence-electron chi connectivity index (χ4n) is 2.60. The van der Waals surface area contributed by atoms with Gasteiger partial charge < -0.3 is 5.73 Å². The lowest BCUT2D eigenvalue weighted by molar-refractivity contribution is 0.310. The maximum Gasteiger partial charge on any atom is 0.198 e. The summed E-state index contributed by atoms with van der Waals surface area (Å²) >= 11 is 0. The smallest absolute Gasteiger partial charge is 0.198 e. The minimum atomic E-state index is 0.231. The second kappa shape index (κ2) is 5.20. The fourth-order valence-corrected chi connectivity index (χ4v) is 2.60. The minimum Gasteiger partial charge on any atom is -0.379 e. The fraction of sp³-hybridized carbons (Fsp3) is 0.125. The molecule has 0 atom stereocenters. The van der Waals surface area contributed by atoms with Crippen molar-refractivity contribution in [3.05, 3.63) is 59.5 Å². The standard InChI is InChI=1S/C16H14N6O/c1-10-13-8-12(7-11-5-3-2-4-6-11)18-9-22(13)19-14(10)15-16(17)21-23-20-15/h2-6,8-9H,7H2,1H3,(H2,17,21). The molecule has 0 unspecified atom stereocenters. The second-order valence-corrected chi connectivity index (χ2v) is 5.34. The molecule has 23 heavy (non-hydrogen) atoms. The van der Waals surface area contributed by atoms with E-state index < -0.39 is 0 Å². The van der Waals surface area contributed by atoms with E-state index in [2.05, 4.69) is 37.2 Å². The van der Waals surface area contributed by atoms with E-state index in [-0.39, 0.29) is 5.82 Å². The lowest BCUT2D eigenvalue weighted by atomic mass is 10.1. The van der Waals surface area contributed by atoms with Crippen LogP contribution in [0, 0.1) is 6.92 Å². The summed E-state index contributed by atoms with van der Waals surface area (Å²) in [6, 6.07) is 12.3. The Labute approximate surface area is 131 Å². The SMILES string of the molecule is Cc1c(-c2nonc2N)nn2cnc(Cc3ccccc3)cc12. The third-order valence-corrected chi connectivity index (χ3v) is 3.80. The van der Waals surface area contributed by atoms with Crippen LogP contribution in [0.4, 0.5) is 5.82 Å². The molecule has 0 bridgehead atoms. The van der Waals surface area contributed by atoms with Gasteiger partial charge >= 0.3 is 0 Å². The number of nitrogens with two attached hydrogens (primary N) is 1. The van der Waals surface area contributed by atoms with Gasteiger partial charge in [-0.3, -0.25) is 0 Å². The summed E-state index contributed by atoms with van der Waals surface area (Å²) in [5.41, 5.74) is 11.0. The number of nitrogens with zero attached hydrogens (tertiary/aromatic N) is 5. The van der Waals surface area contributed by atoms with E-state index >= 15 is 0 Å². The van der Waals surface area contributed by atoms with Crippen molar-refractivity contribution in [3.8, 4) is 11.4 Å². The molecule has 7 heteroatoms. The van der Waals surface area contributed by atoms with E-state index in [0.717, 1.165) is 23.2 Å². The van der Waals surface area contributed by atoms with Gasteiger partial charge in [-0.2, -0.15) is 5.10 Å². The zero-order valence-corrected chi connectivity index (χ0v) is 12.5. The van der Waals surface area contributed by atoms with Crippen LogP contribution in [0.25, 0.3) is 16.9 Å². The molecule has 1 aromatic carbocycles. The van der Waals surface area contributed by atoms with Gasteiger partial charge in [0, 0.05) is 17.7 Å². The van der Waals surface area contributed by atoms with Crippen LogP contribution in [-0.4, -0.2) is 24.9 Å². The number of rotatable bonds is 3. The highest BCUT2D eigenvalue weighted by atomic mass is 16.6. The van der Waals surface area contributed by atoms with E-state index in [1.165, 1.54) is 5.56 Å². The van der Waals surface area contributed by atoms with Crippen molar-refractivity contribution in [3.63, 3.8) is 0 Å². The molecule has 0 aliphatic carbocycles. The molecule has 7 nitrogen and oxygen atoms in total. The first-order valence-electron chi connectivity index (χ1n) is 7.18. The van der Waals surface area contributed by atoms with Gasteiger partial charge in [-0.15, -0.1) is 0 Å². The first kappa shape index (κ1) is 13.4. The average Bonchev–Trinajstić information content (AvgIpc) is 3.12. The average molecular weight is 306 g/mol. The number of hydrogen-bond donors (Lipinski definition) is 1. The highest BCUT2D eigenvalue weighted by Gasteiger charge is 2.18. The molecule has 3 heterocycles. The van der Waals surface area contributed by atoms with E-state index in [9.17, 15) is 0 Å². The van der Waals surface area contributed by atoms with E-state index in [1.807, 2.05) is 31.2 Å². The molecule has 4 aromatic rings. The van der Waals surface area contributed by atoms with Crippen molar-refractivity contribution in [2.24, 2.45) is 0 Å². The third kappa shape index (κ3) is 2.32. The van der Waals surface area contributed by atoms with Crippen LogP contribution < -0.4 is 5.73 Å². The molecule has 0 fully saturated rings. The Morgan fingerprint density at radius 3 is 2.70 bits per heavy atom. The number of aromatic nitrogens is 5. The Morgan fingerprint density at radius 1 is 1.13 bits per heavy atom.